The van der Waals surface area contributed by atoms with Crippen molar-refractivity contribution < 1.29 is 22.4 Å². The zero-order valence-corrected chi connectivity index (χ0v) is 21.6. The highest BCUT2D eigenvalue weighted by Gasteiger charge is 2.31. The van der Waals surface area contributed by atoms with Gasteiger partial charge in [0.05, 0.1) is 11.9 Å². The Morgan fingerprint density at radius 1 is 1.15 bits per heavy atom. The van der Waals surface area contributed by atoms with E-state index in [4.69, 9.17) is 11.6 Å². The van der Waals surface area contributed by atoms with E-state index in [9.17, 15) is 22.4 Å². The minimum Gasteiger partial charge on any atom is -0.352 e. The third kappa shape index (κ3) is 7.17. The summed E-state index contributed by atoms with van der Waals surface area (Å²) in [5.41, 5.74) is 1.18. The SMILES string of the molecule is CC[C@H](C)NC(=O)[C@@H](C)N(Cc1ccccc1F)C(=O)CN(c1ccc(C)c(Cl)c1)S(C)(=O)=O. The summed E-state index contributed by atoms with van der Waals surface area (Å²) in [5.74, 6) is -1.60. The highest BCUT2D eigenvalue weighted by atomic mass is 35.5. The molecule has 0 aliphatic heterocycles. The Morgan fingerprint density at radius 2 is 1.79 bits per heavy atom. The molecule has 0 bridgehead atoms. The van der Waals surface area contributed by atoms with Gasteiger partial charge >= 0.3 is 0 Å². The lowest BCUT2D eigenvalue weighted by Gasteiger charge is -2.32. The molecule has 1 N–H and O–H groups in total. The van der Waals surface area contributed by atoms with Gasteiger partial charge in [0.25, 0.3) is 0 Å². The van der Waals surface area contributed by atoms with E-state index in [-0.39, 0.29) is 23.8 Å². The summed E-state index contributed by atoms with van der Waals surface area (Å²) < 4.78 is 40.4. The van der Waals surface area contributed by atoms with Crippen molar-refractivity contribution in [1.82, 2.24) is 10.2 Å². The highest BCUT2D eigenvalue weighted by Crippen LogP contribution is 2.25. The van der Waals surface area contributed by atoms with Crippen LogP contribution < -0.4 is 9.62 Å². The van der Waals surface area contributed by atoms with Crippen molar-refractivity contribution in [2.24, 2.45) is 0 Å². The first kappa shape index (κ1) is 27.6. The van der Waals surface area contributed by atoms with Gasteiger partial charge in [-0.3, -0.25) is 13.9 Å². The number of nitrogens with one attached hydrogen (secondary N) is 1. The fraction of sp³-hybridized carbons (Fsp3) is 0.417. The fourth-order valence-electron chi connectivity index (χ4n) is 3.21. The van der Waals surface area contributed by atoms with Gasteiger partial charge in [-0.25, -0.2) is 12.8 Å². The first-order valence-corrected chi connectivity index (χ1v) is 13.1. The van der Waals surface area contributed by atoms with Crippen LogP contribution in [-0.2, 0) is 26.2 Å². The molecule has 0 saturated heterocycles. The van der Waals surface area contributed by atoms with E-state index in [0.29, 0.717) is 11.4 Å². The van der Waals surface area contributed by atoms with E-state index in [1.165, 1.54) is 36.1 Å². The van der Waals surface area contributed by atoms with Crippen molar-refractivity contribution in [1.29, 1.82) is 0 Å². The molecule has 0 fully saturated rings. The van der Waals surface area contributed by atoms with Gasteiger partial charge in [-0.05, 0) is 51.0 Å². The molecule has 0 aromatic heterocycles. The topological polar surface area (TPSA) is 86.8 Å². The average molecular weight is 512 g/mol. The Balaban J connectivity index is 2.42. The van der Waals surface area contributed by atoms with Gasteiger partial charge in [0, 0.05) is 23.2 Å². The lowest BCUT2D eigenvalue weighted by molar-refractivity contribution is -0.139. The van der Waals surface area contributed by atoms with Crippen molar-refractivity contribution >= 4 is 39.1 Å². The maximum atomic E-state index is 14.4. The van der Waals surface area contributed by atoms with Crippen molar-refractivity contribution in [2.45, 2.75) is 52.7 Å². The van der Waals surface area contributed by atoms with Crippen LogP contribution in [0.15, 0.2) is 42.5 Å². The number of halogens is 2. The molecule has 7 nitrogen and oxygen atoms in total. The summed E-state index contributed by atoms with van der Waals surface area (Å²) in [6.45, 7) is 6.27. The van der Waals surface area contributed by atoms with Gasteiger partial charge in [0.15, 0.2) is 0 Å². The Hall–Kier alpha value is -2.65. The lowest BCUT2D eigenvalue weighted by Crippen LogP contribution is -2.52. The molecule has 0 unspecified atom stereocenters. The van der Waals surface area contributed by atoms with Crippen molar-refractivity contribution in [3.05, 3.63) is 64.4 Å². The molecule has 186 valence electrons. The summed E-state index contributed by atoms with van der Waals surface area (Å²) in [6, 6.07) is 9.51. The summed E-state index contributed by atoms with van der Waals surface area (Å²) in [7, 11) is -3.87. The van der Waals surface area contributed by atoms with Crippen LogP contribution in [0.1, 0.15) is 38.3 Å². The smallest absolute Gasteiger partial charge is 0.244 e. The second-order valence-corrected chi connectivity index (χ2v) is 10.6. The first-order valence-electron chi connectivity index (χ1n) is 10.9. The molecule has 2 amide bonds. The van der Waals surface area contributed by atoms with Gasteiger partial charge in [-0.2, -0.15) is 0 Å². The maximum absolute atomic E-state index is 14.4. The van der Waals surface area contributed by atoms with E-state index in [2.05, 4.69) is 5.32 Å². The van der Waals surface area contributed by atoms with E-state index in [1.807, 2.05) is 13.8 Å². The number of amides is 2. The predicted molar refractivity (Wildman–Crippen MR) is 133 cm³/mol. The minimum atomic E-state index is -3.87. The second kappa shape index (κ2) is 11.7. The molecular weight excluding hydrogens is 481 g/mol. The number of carbonyl (C=O) groups is 2. The number of sulfonamides is 1. The average Bonchev–Trinajstić information content (AvgIpc) is 2.77. The molecule has 10 heteroatoms. The first-order chi connectivity index (χ1) is 15.8. The third-order valence-electron chi connectivity index (χ3n) is 5.59. The van der Waals surface area contributed by atoms with Gasteiger partial charge in [0.1, 0.15) is 18.4 Å². The van der Waals surface area contributed by atoms with Crippen LogP contribution in [0.25, 0.3) is 0 Å². The standard InChI is InChI=1S/C24H31ClFN3O4S/c1-6-17(3)27-24(31)18(4)28(14-19-9-7-8-10-22(19)26)23(30)15-29(34(5,32)33)20-12-11-16(2)21(25)13-20/h7-13,17-18H,6,14-15H2,1-5H3,(H,27,31)/t17-,18+/m0/s1. The van der Waals surface area contributed by atoms with E-state index >= 15 is 0 Å². The predicted octanol–water partition coefficient (Wildman–Crippen LogP) is 3.89. The zero-order chi connectivity index (χ0) is 25.6. The number of benzene rings is 2. The summed E-state index contributed by atoms with van der Waals surface area (Å²) in [6.07, 6.45) is 1.67. The van der Waals surface area contributed by atoms with Crippen LogP contribution in [0.3, 0.4) is 0 Å². The highest BCUT2D eigenvalue weighted by molar-refractivity contribution is 7.92. The third-order valence-corrected chi connectivity index (χ3v) is 7.14. The molecule has 0 saturated carbocycles. The van der Waals surface area contributed by atoms with Gasteiger partial charge in [-0.15, -0.1) is 0 Å². The van der Waals surface area contributed by atoms with Crippen molar-refractivity contribution in [3.63, 3.8) is 0 Å². The van der Waals surface area contributed by atoms with Crippen molar-refractivity contribution in [2.75, 3.05) is 17.1 Å². The van der Waals surface area contributed by atoms with Crippen LogP contribution in [0, 0.1) is 12.7 Å². The van der Waals surface area contributed by atoms with Crippen LogP contribution in [0.5, 0.6) is 0 Å². The number of rotatable bonds is 10. The Morgan fingerprint density at radius 3 is 2.35 bits per heavy atom. The van der Waals surface area contributed by atoms with Crippen LogP contribution in [-0.4, -0.2) is 50.0 Å². The second-order valence-electron chi connectivity index (χ2n) is 8.31. The molecule has 34 heavy (non-hydrogen) atoms. The molecule has 2 atom stereocenters. The van der Waals surface area contributed by atoms with Gasteiger partial charge in [-0.1, -0.05) is 42.8 Å². The number of hydrogen-bond acceptors (Lipinski definition) is 4. The van der Waals surface area contributed by atoms with Crippen LogP contribution in [0.4, 0.5) is 10.1 Å². The van der Waals surface area contributed by atoms with Gasteiger partial charge < -0.3 is 10.2 Å². The van der Waals surface area contributed by atoms with E-state index < -0.39 is 40.2 Å². The number of aryl methyl sites for hydroxylation is 1. The molecule has 0 spiro atoms. The largest absolute Gasteiger partial charge is 0.352 e. The monoisotopic (exact) mass is 511 g/mol. The number of carbonyl (C=O) groups excluding carboxylic acids is 2. The molecule has 0 radical (unpaired) electrons. The van der Waals surface area contributed by atoms with Crippen LogP contribution >= 0.6 is 11.6 Å². The quantitative estimate of drug-likeness (QED) is 0.524. The van der Waals surface area contributed by atoms with Crippen molar-refractivity contribution in [3.8, 4) is 0 Å². The van der Waals surface area contributed by atoms with Gasteiger partial charge in [0.2, 0.25) is 21.8 Å². The van der Waals surface area contributed by atoms with Crippen LogP contribution in [0.2, 0.25) is 5.02 Å². The fourth-order valence-corrected chi connectivity index (χ4v) is 4.23. The number of anilines is 1. The molecular formula is C24H31ClFN3O4S. The Labute approximate surface area is 205 Å². The molecule has 0 aliphatic carbocycles. The molecule has 0 heterocycles. The zero-order valence-electron chi connectivity index (χ0n) is 20.0. The Bertz CT molecular complexity index is 1140. The summed E-state index contributed by atoms with van der Waals surface area (Å²) >= 11 is 6.17. The lowest BCUT2D eigenvalue weighted by atomic mass is 10.1. The molecule has 2 aromatic carbocycles. The number of hydrogen-bond donors (Lipinski definition) is 1. The minimum absolute atomic E-state index is 0.123. The molecule has 2 rings (SSSR count). The summed E-state index contributed by atoms with van der Waals surface area (Å²) in [4.78, 5) is 27.4. The van der Waals surface area contributed by atoms with E-state index in [1.54, 1.807) is 25.1 Å². The maximum Gasteiger partial charge on any atom is 0.244 e. The number of nitrogens with zero attached hydrogens (tertiary/aromatic N) is 2. The summed E-state index contributed by atoms with van der Waals surface area (Å²) in [5, 5.41) is 3.17. The Kier molecular flexibility index (Phi) is 9.46. The molecule has 2 aromatic rings. The molecule has 0 aliphatic rings. The normalized spacial score (nSPS) is 13.1. The van der Waals surface area contributed by atoms with E-state index in [0.717, 1.165) is 16.1 Å².